The number of carbonyl (C=O) groups is 1. The van der Waals surface area contributed by atoms with Gasteiger partial charge in [0.2, 0.25) is 5.91 Å². The molecule has 1 heterocycles. The highest BCUT2D eigenvalue weighted by atomic mass is 16.5. The molecule has 0 aliphatic carbocycles. The first kappa shape index (κ1) is 15.0. The summed E-state index contributed by atoms with van der Waals surface area (Å²) in [5.74, 6) is 0.450. The van der Waals surface area contributed by atoms with Crippen LogP contribution in [-0.4, -0.2) is 43.7 Å². The molecule has 1 aliphatic rings. The topological polar surface area (TPSA) is 41.6 Å². The van der Waals surface area contributed by atoms with Crippen LogP contribution in [0.3, 0.4) is 0 Å². The van der Waals surface area contributed by atoms with E-state index in [-0.39, 0.29) is 12.0 Å². The van der Waals surface area contributed by atoms with E-state index in [1.807, 2.05) is 6.07 Å². The molecule has 0 unspecified atom stereocenters. The summed E-state index contributed by atoms with van der Waals surface area (Å²) in [4.78, 5) is 14.1. The van der Waals surface area contributed by atoms with E-state index in [0.717, 1.165) is 6.54 Å². The molecule has 2 atom stereocenters. The quantitative estimate of drug-likeness (QED) is 0.912. The number of morpholine rings is 1. The van der Waals surface area contributed by atoms with Crippen LogP contribution in [0.5, 0.6) is 0 Å². The molecule has 0 radical (unpaired) electrons. The van der Waals surface area contributed by atoms with Crippen LogP contribution in [0.1, 0.15) is 25.5 Å². The predicted octanol–water partition coefficient (Wildman–Crippen LogP) is 1.83. The molecule has 1 fully saturated rings. The zero-order chi connectivity index (χ0) is 14.5. The Morgan fingerprint density at radius 2 is 2.05 bits per heavy atom. The highest BCUT2D eigenvalue weighted by molar-refractivity contribution is 5.80. The molecule has 110 valence electrons. The molecule has 1 aliphatic heterocycles. The van der Waals surface area contributed by atoms with Gasteiger partial charge < -0.3 is 10.1 Å². The fourth-order valence-electron chi connectivity index (χ4n) is 2.91. The van der Waals surface area contributed by atoms with Gasteiger partial charge in [0.25, 0.3) is 0 Å². The Morgan fingerprint density at radius 3 is 2.65 bits per heavy atom. The minimum atomic E-state index is -0.362. The summed E-state index contributed by atoms with van der Waals surface area (Å²) in [6.45, 7) is 6.57. The van der Waals surface area contributed by atoms with Crippen molar-refractivity contribution in [3.8, 4) is 0 Å². The summed E-state index contributed by atoms with van der Waals surface area (Å²) in [5.41, 5.74) is 1.31. The standard InChI is InChI=1S/C16H24N2O2/c1-12(2)15(13-7-5-4-6-8-13)18-9-10-20-14(11-18)16(19)17-3/h4-8,12,14-15H,9-11H2,1-3H3,(H,17,19)/t14-,15+/m0/s1. The molecule has 2 rings (SSSR count). The fourth-order valence-corrected chi connectivity index (χ4v) is 2.91. The monoisotopic (exact) mass is 276 g/mol. The highest BCUT2D eigenvalue weighted by Gasteiger charge is 2.32. The highest BCUT2D eigenvalue weighted by Crippen LogP contribution is 2.29. The van der Waals surface area contributed by atoms with Gasteiger partial charge in [0.05, 0.1) is 6.61 Å². The molecule has 0 aromatic heterocycles. The summed E-state index contributed by atoms with van der Waals surface area (Å²) in [6, 6.07) is 10.8. The predicted molar refractivity (Wildman–Crippen MR) is 79.4 cm³/mol. The van der Waals surface area contributed by atoms with Gasteiger partial charge in [0.15, 0.2) is 0 Å². The van der Waals surface area contributed by atoms with Crippen LogP contribution in [0.2, 0.25) is 0 Å². The smallest absolute Gasteiger partial charge is 0.250 e. The molecule has 1 aromatic rings. The van der Waals surface area contributed by atoms with Crippen molar-refractivity contribution in [2.45, 2.75) is 26.0 Å². The number of hydrogen-bond donors (Lipinski definition) is 1. The van der Waals surface area contributed by atoms with Gasteiger partial charge in [0.1, 0.15) is 6.10 Å². The Morgan fingerprint density at radius 1 is 1.35 bits per heavy atom. The average molecular weight is 276 g/mol. The first-order valence-electron chi connectivity index (χ1n) is 7.25. The summed E-state index contributed by atoms with van der Waals surface area (Å²) >= 11 is 0. The maximum Gasteiger partial charge on any atom is 0.250 e. The van der Waals surface area contributed by atoms with Gasteiger partial charge in [-0.2, -0.15) is 0 Å². The lowest BCUT2D eigenvalue weighted by atomic mass is 9.93. The van der Waals surface area contributed by atoms with E-state index in [2.05, 4.69) is 48.3 Å². The van der Waals surface area contributed by atoms with E-state index in [4.69, 9.17) is 4.74 Å². The van der Waals surface area contributed by atoms with Crippen LogP contribution in [0.25, 0.3) is 0 Å². The number of hydrogen-bond acceptors (Lipinski definition) is 3. The maximum atomic E-state index is 11.8. The zero-order valence-electron chi connectivity index (χ0n) is 12.5. The lowest BCUT2D eigenvalue weighted by Gasteiger charge is -2.39. The van der Waals surface area contributed by atoms with Crippen molar-refractivity contribution in [1.82, 2.24) is 10.2 Å². The Kier molecular flexibility index (Phi) is 5.15. The molecular formula is C16H24N2O2. The number of carbonyl (C=O) groups excluding carboxylic acids is 1. The average Bonchev–Trinajstić information content (AvgIpc) is 2.47. The van der Waals surface area contributed by atoms with Gasteiger partial charge in [-0.1, -0.05) is 44.2 Å². The Labute approximate surface area is 121 Å². The molecule has 4 nitrogen and oxygen atoms in total. The number of rotatable bonds is 4. The van der Waals surface area contributed by atoms with Crippen LogP contribution in [0.4, 0.5) is 0 Å². The van der Waals surface area contributed by atoms with E-state index in [9.17, 15) is 4.79 Å². The number of nitrogens with one attached hydrogen (secondary N) is 1. The minimum absolute atomic E-state index is 0.0368. The van der Waals surface area contributed by atoms with Crippen LogP contribution >= 0.6 is 0 Å². The van der Waals surface area contributed by atoms with Crippen LogP contribution in [0.15, 0.2) is 30.3 Å². The molecule has 1 N–H and O–H groups in total. The van der Waals surface area contributed by atoms with Crippen molar-refractivity contribution >= 4 is 5.91 Å². The summed E-state index contributed by atoms with van der Waals surface area (Å²) in [6.07, 6.45) is -0.362. The zero-order valence-corrected chi connectivity index (χ0v) is 12.5. The largest absolute Gasteiger partial charge is 0.366 e. The van der Waals surface area contributed by atoms with E-state index >= 15 is 0 Å². The van der Waals surface area contributed by atoms with Crippen molar-refractivity contribution in [3.63, 3.8) is 0 Å². The van der Waals surface area contributed by atoms with E-state index in [1.165, 1.54) is 5.56 Å². The summed E-state index contributed by atoms with van der Waals surface area (Å²) < 4.78 is 5.57. The normalized spacial score (nSPS) is 21.7. The van der Waals surface area contributed by atoms with Crippen molar-refractivity contribution < 1.29 is 9.53 Å². The third-order valence-corrected chi connectivity index (χ3v) is 3.80. The molecular weight excluding hydrogens is 252 g/mol. The number of ether oxygens (including phenoxy) is 1. The van der Waals surface area contributed by atoms with Gasteiger partial charge in [-0.15, -0.1) is 0 Å². The van der Waals surface area contributed by atoms with Crippen molar-refractivity contribution in [1.29, 1.82) is 0 Å². The molecule has 20 heavy (non-hydrogen) atoms. The summed E-state index contributed by atoms with van der Waals surface area (Å²) in [7, 11) is 1.65. The minimum Gasteiger partial charge on any atom is -0.366 e. The van der Waals surface area contributed by atoms with E-state index in [1.54, 1.807) is 7.05 Å². The third kappa shape index (κ3) is 3.38. The third-order valence-electron chi connectivity index (χ3n) is 3.80. The van der Waals surface area contributed by atoms with Gasteiger partial charge >= 0.3 is 0 Å². The Balaban J connectivity index is 2.16. The molecule has 0 spiro atoms. The molecule has 1 amide bonds. The van der Waals surface area contributed by atoms with Gasteiger partial charge in [-0.05, 0) is 11.5 Å². The first-order chi connectivity index (χ1) is 9.63. The second-order valence-corrected chi connectivity index (χ2v) is 5.57. The molecule has 1 saturated heterocycles. The number of likely N-dealkylation sites (N-methyl/N-ethyl adjacent to an activating group) is 1. The van der Waals surface area contributed by atoms with Gasteiger partial charge in [-0.25, -0.2) is 0 Å². The number of benzene rings is 1. The SMILES string of the molecule is CNC(=O)[C@@H]1CN([C@@H](c2ccccc2)C(C)C)CCO1. The lowest BCUT2D eigenvalue weighted by molar-refractivity contribution is -0.139. The molecule has 1 aromatic carbocycles. The fraction of sp³-hybridized carbons (Fsp3) is 0.562. The summed E-state index contributed by atoms with van der Waals surface area (Å²) in [5, 5.41) is 2.67. The Bertz CT molecular complexity index is 433. The second-order valence-electron chi connectivity index (χ2n) is 5.57. The van der Waals surface area contributed by atoms with Gasteiger partial charge in [-0.3, -0.25) is 9.69 Å². The molecule has 4 heteroatoms. The number of amides is 1. The molecule has 0 saturated carbocycles. The van der Waals surface area contributed by atoms with Crippen molar-refractivity contribution in [2.24, 2.45) is 5.92 Å². The van der Waals surface area contributed by atoms with Crippen molar-refractivity contribution in [2.75, 3.05) is 26.7 Å². The Hall–Kier alpha value is -1.39. The second kappa shape index (κ2) is 6.86. The van der Waals surface area contributed by atoms with Crippen LogP contribution in [0, 0.1) is 5.92 Å². The van der Waals surface area contributed by atoms with Crippen molar-refractivity contribution in [3.05, 3.63) is 35.9 Å². The first-order valence-corrected chi connectivity index (χ1v) is 7.25. The molecule has 0 bridgehead atoms. The lowest BCUT2D eigenvalue weighted by Crippen LogP contribution is -2.50. The van der Waals surface area contributed by atoms with Crippen LogP contribution in [-0.2, 0) is 9.53 Å². The maximum absolute atomic E-state index is 11.8. The van der Waals surface area contributed by atoms with E-state index in [0.29, 0.717) is 25.1 Å². The van der Waals surface area contributed by atoms with E-state index < -0.39 is 0 Å². The number of nitrogens with zero attached hydrogens (tertiary/aromatic N) is 1. The van der Waals surface area contributed by atoms with Gasteiger partial charge in [0, 0.05) is 26.2 Å². The van der Waals surface area contributed by atoms with Crippen LogP contribution < -0.4 is 5.32 Å².